The number of morpholine rings is 1. The van der Waals surface area contributed by atoms with Gasteiger partial charge in [-0.25, -0.2) is 14.8 Å². The monoisotopic (exact) mass is 797 g/mol. The van der Waals surface area contributed by atoms with E-state index >= 15 is 0 Å². The number of amides is 3. The Morgan fingerprint density at radius 2 is 1.84 bits per heavy atom. The van der Waals surface area contributed by atoms with Crippen molar-refractivity contribution >= 4 is 56.9 Å². The average molecular weight is 798 g/mol. The van der Waals surface area contributed by atoms with Gasteiger partial charge in [0.25, 0.3) is 0 Å². The van der Waals surface area contributed by atoms with Crippen LogP contribution in [0.25, 0.3) is 22.3 Å². The van der Waals surface area contributed by atoms with Crippen molar-refractivity contribution in [3.63, 3.8) is 0 Å². The van der Waals surface area contributed by atoms with Gasteiger partial charge >= 0.3 is 6.09 Å². The quantitative estimate of drug-likeness (QED) is 0.217. The van der Waals surface area contributed by atoms with E-state index in [-0.39, 0.29) is 31.2 Å². The van der Waals surface area contributed by atoms with Gasteiger partial charge < -0.3 is 40.2 Å². The molecule has 16 heteroatoms. The van der Waals surface area contributed by atoms with Gasteiger partial charge in [0.2, 0.25) is 11.8 Å². The number of carbonyl (C=O) groups is 3. The minimum Gasteiger partial charge on any atom is -0.490 e. The Balaban J connectivity index is 1.15. The highest BCUT2D eigenvalue weighted by Gasteiger charge is 2.48. The number of nitrogens with one attached hydrogen (secondary N) is 2. The molecule has 4 fully saturated rings. The number of carbonyl (C=O) groups excluding carboxylic acids is 3. The lowest BCUT2D eigenvalue weighted by molar-refractivity contribution is -0.141. The molecule has 55 heavy (non-hydrogen) atoms. The fourth-order valence-electron chi connectivity index (χ4n) is 7.80. The van der Waals surface area contributed by atoms with E-state index < -0.39 is 41.5 Å². The molecule has 0 bridgehead atoms. The summed E-state index contributed by atoms with van der Waals surface area (Å²) >= 11 is 8.51. The van der Waals surface area contributed by atoms with Crippen molar-refractivity contribution in [2.45, 2.75) is 96.7 Å². The van der Waals surface area contributed by atoms with E-state index in [0.29, 0.717) is 70.5 Å². The molecule has 7 atom stereocenters. The first kappa shape index (κ1) is 39.3. The van der Waals surface area contributed by atoms with Crippen LogP contribution >= 0.6 is 22.9 Å². The second-order valence-electron chi connectivity index (χ2n) is 16.7. The molecule has 14 nitrogen and oxygen atoms in total. The molecular formula is C39H52ClN7O7S. The maximum Gasteiger partial charge on any atom is 0.408 e. The lowest BCUT2D eigenvalue weighted by Gasteiger charge is -2.35. The first-order valence-electron chi connectivity index (χ1n) is 19.1. The van der Waals surface area contributed by atoms with Gasteiger partial charge in [0.15, 0.2) is 5.13 Å². The van der Waals surface area contributed by atoms with Crippen molar-refractivity contribution in [3.05, 3.63) is 28.6 Å². The van der Waals surface area contributed by atoms with E-state index in [4.69, 9.17) is 46.3 Å². The standard InChI is InChI=1S/C39H52ClN7O7S/c1-20(2)42-37-44-28(19-55-37)27-15-31(26-7-8-30(32(40)33(26)43-27)52-18-23-17-51-10-9-46(23)6)53-25-14-29(35(41)48)47(16-25)36(49)34(39(3,4)5)45-38(50)54-24-12-21-11-22(21)13-24/h7-8,15,19-25,29,34H,9-14,16-18H2,1-6H3,(H2,41,48)(H,42,44)(H,45,50)/t21-,22+,23-,24?,25+,29-,34+/m0/s1. The van der Waals surface area contributed by atoms with E-state index in [9.17, 15) is 14.4 Å². The number of anilines is 1. The van der Waals surface area contributed by atoms with Crippen LogP contribution in [-0.2, 0) is 19.1 Å². The third kappa shape index (κ3) is 8.90. The smallest absolute Gasteiger partial charge is 0.408 e. The lowest BCUT2D eigenvalue weighted by atomic mass is 9.85. The summed E-state index contributed by atoms with van der Waals surface area (Å²) in [6.45, 7) is 12.2. The van der Waals surface area contributed by atoms with Gasteiger partial charge in [0.1, 0.15) is 53.1 Å². The molecule has 3 aromatic rings. The van der Waals surface area contributed by atoms with Crippen molar-refractivity contribution < 1.29 is 33.3 Å². The molecule has 4 aliphatic rings. The van der Waals surface area contributed by atoms with Crippen LogP contribution in [0.1, 0.15) is 60.3 Å². The van der Waals surface area contributed by atoms with Crippen LogP contribution in [-0.4, -0.2) is 114 Å². The van der Waals surface area contributed by atoms with Crippen LogP contribution in [0.2, 0.25) is 5.02 Å². The topological polar surface area (TPSA) is 170 Å². The molecule has 0 radical (unpaired) electrons. The summed E-state index contributed by atoms with van der Waals surface area (Å²) in [6, 6.07) is 3.77. The number of ether oxygens (including phenoxy) is 4. The number of likely N-dealkylation sites (tertiary alicyclic amines) is 1. The molecule has 0 spiro atoms. The number of hydrogen-bond acceptors (Lipinski definition) is 12. The van der Waals surface area contributed by atoms with Crippen LogP contribution in [0.4, 0.5) is 9.93 Å². The zero-order chi connectivity index (χ0) is 39.2. The summed E-state index contributed by atoms with van der Waals surface area (Å²) < 4.78 is 24.3. The molecule has 2 saturated carbocycles. The Bertz CT molecular complexity index is 1910. The van der Waals surface area contributed by atoms with E-state index in [1.165, 1.54) is 22.7 Å². The van der Waals surface area contributed by atoms with Crippen LogP contribution in [0, 0.1) is 17.3 Å². The SMILES string of the molecule is CC(C)Nc1nc(-c2cc(O[C@@H]3C[C@@H](C(N)=O)N(C(=O)[C@@H](NC(=O)OC4C[C@@H]5C[C@@H]5C4)C(C)(C)C)C3)c3ccc(OC[C@@H]4COCCN4C)c(Cl)c3n2)cs1. The fourth-order valence-corrected chi connectivity index (χ4v) is 8.91. The first-order chi connectivity index (χ1) is 26.1. The van der Waals surface area contributed by atoms with Crippen molar-refractivity contribution in [1.29, 1.82) is 0 Å². The molecule has 1 aromatic carbocycles. The molecule has 1 unspecified atom stereocenters. The number of nitrogens with two attached hydrogens (primary N) is 1. The zero-order valence-electron chi connectivity index (χ0n) is 32.3. The third-order valence-corrected chi connectivity index (χ3v) is 12.1. The fraction of sp³-hybridized carbons (Fsp3) is 0.615. The normalized spacial score (nSPS) is 25.8. The summed E-state index contributed by atoms with van der Waals surface area (Å²) in [6.07, 6.45) is 1.67. The number of alkyl carbamates (subject to hydrolysis) is 1. The van der Waals surface area contributed by atoms with Crippen LogP contribution in [0.5, 0.6) is 11.5 Å². The highest BCUT2D eigenvalue weighted by molar-refractivity contribution is 7.14. The molecule has 2 aromatic heterocycles. The van der Waals surface area contributed by atoms with Crippen LogP contribution in [0.15, 0.2) is 23.6 Å². The number of likely N-dealkylation sites (N-methyl/N-ethyl adjacent to an activating group) is 1. The van der Waals surface area contributed by atoms with Crippen LogP contribution < -0.4 is 25.8 Å². The molecule has 2 aliphatic carbocycles. The number of halogens is 1. The number of fused-ring (bicyclic) bond motifs is 2. The van der Waals surface area contributed by atoms with Gasteiger partial charge in [0, 0.05) is 35.8 Å². The number of benzene rings is 1. The Morgan fingerprint density at radius 1 is 1.07 bits per heavy atom. The molecule has 4 heterocycles. The zero-order valence-corrected chi connectivity index (χ0v) is 33.9. The number of aromatic nitrogens is 2. The summed E-state index contributed by atoms with van der Waals surface area (Å²) in [5, 5.41) is 9.75. The van der Waals surface area contributed by atoms with Gasteiger partial charge in [-0.15, -0.1) is 11.3 Å². The number of hydrogen-bond donors (Lipinski definition) is 3. The Hall–Kier alpha value is -3.92. The van der Waals surface area contributed by atoms with Gasteiger partial charge in [-0.3, -0.25) is 14.5 Å². The predicted octanol–water partition coefficient (Wildman–Crippen LogP) is 5.31. The number of thiazole rings is 1. The van der Waals surface area contributed by atoms with Crippen molar-refractivity contribution in [3.8, 4) is 22.9 Å². The largest absolute Gasteiger partial charge is 0.490 e. The maximum atomic E-state index is 14.3. The molecule has 3 amide bonds. The van der Waals surface area contributed by atoms with Crippen molar-refractivity contribution in [2.75, 3.05) is 45.3 Å². The Kier molecular flexibility index (Phi) is 11.4. The van der Waals surface area contributed by atoms with Crippen molar-refractivity contribution in [2.24, 2.45) is 23.0 Å². The van der Waals surface area contributed by atoms with Gasteiger partial charge in [-0.2, -0.15) is 0 Å². The number of primary amides is 1. The molecule has 4 N–H and O–H groups in total. The number of pyridine rings is 1. The minimum absolute atomic E-state index is 0.0615. The van der Waals surface area contributed by atoms with Crippen molar-refractivity contribution in [1.82, 2.24) is 25.1 Å². The lowest BCUT2D eigenvalue weighted by Crippen LogP contribution is -2.57. The van der Waals surface area contributed by atoms with Gasteiger partial charge in [-0.05, 0) is 69.5 Å². The Morgan fingerprint density at radius 3 is 2.53 bits per heavy atom. The highest BCUT2D eigenvalue weighted by atomic mass is 35.5. The van der Waals surface area contributed by atoms with E-state index in [0.717, 1.165) is 24.5 Å². The number of rotatable bonds is 12. The van der Waals surface area contributed by atoms with Gasteiger partial charge in [-0.1, -0.05) is 32.4 Å². The maximum absolute atomic E-state index is 14.3. The first-order valence-corrected chi connectivity index (χ1v) is 20.4. The summed E-state index contributed by atoms with van der Waals surface area (Å²) in [5.41, 5.74) is 6.82. The van der Waals surface area contributed by atoms with Crippen LogP contribution in [0.3, 0.4) is 0 Å². The summed E-state index contributed by atoms with van der Waals surface area (Å²) in [7, 11) is 2.04. The minimum atomic E-state index is -0.972. The second kappa shape index (κ2) is 15.9. The highest BCUT2D eigenvalue weighted by Crippen LogP contribution is 2.52. The molecule has 2 aliphatic heterocycles. The third-order valence-electron chi connectivity index (χ3n) is 11.0. The van der Waals surface area contributed by atoms with Gasteiger partial charge in [0.05, 0.1) is 37.0 Å². The van der Waals surface area contributed by atoms with E-state index in [1.54, 1.807) is 12.1 Å². The molecule has 2 saturated heterocycles. The average Bonchev–Trinajstić information content (AvgIpc) is 3.44. The summed E-state index contributed by atoms with van der Waals surface area (Å²) in [4.78, 5) is 53.6. The Labute approximate surface area is 330 Å². The molecular weight excluding hydrogens is 746 g/mol. The number of nitrogens with zero attached hydrogens (tertiary/aromatic N) is 4. The molecule has 298 valence electrons. The second-order valence-corrected chi connectivity index (χ2v) is 18.0. The summed E-state index contributed by atoms with van der Waals surface area (Å²) in [5.74, 6) is 1.11. The molecule has 7 rings (SSSR count). The van der Waals surface area contributed by atoms with E-state index in [2.05, 4.69) is 15.5 Å². The predicted molar refractivity (Wildman–Crippen MR) is 211 cm³/mol. The van der Waals surface area contributed by atoms with E-state index in [1.807, 2.05) is 53.1 Å².